The van der Waals surface area contributed by atoms with E-state index in [1.165, 1.54) is 0 Å². The lowest BCUT2D eigenvalue weighted by Crippen LogP contribution is -2.58. The molecule has 0 aliphatic carbocycles. The third kappa shape index (κ3) is 2.99. The zero-order chi connectivity index (χ0) is 17.4. The van der Waals surface area contributed by atoms with Crippen molar-refractivity contribution in [3.63, 3.8) is 0 Å². The van der Waals surface area contributed by atoms with Crippen LogP contribution in [0.4, 0.5) is 0 Å². The Morgan fingerprint density at radius 3 is 2.76 bits per heavy atom. The first-order chi connectivity index (χ1) is 12.1. The summed E-state index contributed by atoms with van der Waals surface area (Å²) in [4.78, 5) is 25.2. The molecule has 1 aromatic carbocycles. The quantitative estimate of drug-likeness (QED) is 0.757. The number of nitrogens with zero attached hydrogens (tertiary/aromatic N) is 5. The van der Waals surface area contributed by atoms with Gasteiger partial charge in [-0.05, 0) is 19.2 Å². The highest BCUT2D eigenvalue weighted by Gasteiger charge is 2.26. The van der Waals surface area contributed by atoms with E-state index in [4.69, 9.17) is 5.73 Å². The minimum absolute atomic E-state index is 0.0230. The molecule has 7 heteroatoms. The summed E-state index contributed by atoms with van der Waals surface area (Å²) in [6.07, 6.45) is 7.01. The number of imidazole rings is 1. The minimum Gasteiger partial charge on any atom is -0.321 e. The van der Waals surface area contributed by atoms with Crippen LogP contribution in [0.25, 0.3) is 16.9 Å². The standard InChI is InChI=1S/C18H20N6O/c1-22-8-9-24(16(19)12-22)18(25)14-4-2-13(3-5-14)15-11-23-7-6-20-17(23)10-21-15/h2-7,10-11,16H,8-9,12,19H2,1H3/t16-/m0/s1. The van der Waals surface area contributed by atoms with E-state index in [0.29, 0.717) is 18.7 Å². The van der Waals surface area contributed by atoms with Gasteiger partial charge in [0.1, 0.15) is 0 Å². The molecule has 0 radical (unpaired) electrons. The van der Waals surface area contributed by atoms with Crippen molar-refractivity contribution in [2.75, 3.05) is 26.7 Å². The van der Waals surface area contributed by atoms with E-state index in [2.05, 4.69) is 14.9 Å². The second-order valence-electron chi connectivity index (χ2n) is 6.37. The normalized spacial score (nSPS) is 18.6. The number of fused-ring (bicyclic) bond motifs is 1. The number of benzene rings is 1. The molecule has 0 spiro atoms. The third-order valence-corrected chi connectivity index (χ3v) is 4.59. The topological polar surface area (TPSA) is 79.8 Å². The number of amides is 1. The van der Waals surface area contributed by atoms with Crippen LogP contribution in [-0.4, -0.2) is 62.9 Å². The molecule has 3 aromatic rings. The first-order valence-electron chi connectivity index (χ1n) is 8.26. The fraction of sp³-hybridized carbons (Fsp3) is 0.278. The largest absolute Gasteiger partial charge is 0.321 e. The smallest absolute Gasteiger partial charge is 0.255 e. The molecule has 1 aliphatic rings. The molecule has 1 aliphatic heterocycles. The molecule has 2 N–H and O–H groups in total. The SMILES string of the molecule is CN1CCN(C(=O)c2ccc(-c3cn4ccnc4cn3)cc2)[C@H](N)C1. The summed E-state index contributed by atoms with van der Waals surface area (Å²) >= 11 is 0. The van der Waals surface area contributed by atoms with Crippen LogP contribution in [0.5, 0.6) is 0 Å². The number of aromatic nitrogens is 3. The molecule has 2 aromatic heterocycles. The van der Waals surface area contributed by atoms with Crippen molar-refractivity contribution in [1.29, 1.82) is 0 Å². The minimum atomic E-state index is -0.267. The number of nitrogens with two attached hydrogens (primary N) is 1. The molecule has 1 atom stereocenters. The van der Waals surface area contributed by atoms with Crippen LogP contribution in [0.15, 0.2) is 49.1 Å². The number of hydrogen-bond donors (Lipinski definition) is 1. The molecule has 1 amide bonds. The van der Waals surface area contributed by atoms with E-state index >= 15 is 0 Å². The monoisotopic (exact) mass is 336 g/mol. The molecule has 0 unspecified atom stereocenters. The number of hydrogen-bond acceptors (Lipinski definition) is 5. The highest BCUT2D eigenvalue weighted by atomic mass is 16.2. The Labute approximate surface area is 145 Å². The van der Waals surface area contributed by atoms with E-state index in [0.717, 1.165) is 23.4 Å². The van der Waals surface area contributed by atoms with Gasteiger partial charge in [0.2, 0.25) is 0 Å². The van der Waals surface area contributed by atoms with Crippen molar-refractivity contribution in [2.45, 2.75) is 6.17 Å². The van der Waals surface area contributed by atoms with Gasteiger partial charge in [-0.25, -0.2) is 4.98 Å². The van der Waals surface area contributed by atoms with Crippen LogP contribution in [0.3, 0.4) is 0 Å². The Kier molecular flexibility index (Phi) is 3.95. The second-order valence-corrected chi connectivity index (χ2v) is 6.37. The molecule has 1 saturated heterocycles. The predicted octanol–water partition coefficient (Wildman–Crippen LogP) is 1.07. The van der Waals surface area contributed by atoms with Crippen molar-refractivity contribution in [3.05, 3.63) is 54.6 Å². The zero-order valence-corrected chi connectivity index (χ0v) is 14.0. The lowest BCUT2D eigenvalue weighted by molar-refractivity contribution is 0.0513. The lowest BCUT2D eigenvalue weighted by atomic mass is 10.1. The van der Waals surface area contributed by atoms with Crippen molar-refractivity contribution < 1.29 is 4.79 Å². The number of likely N-dealkylation sites (N-methyl/N-ethyl adjacent to an activating group) is 1. The van der Waals surface area contributed by atoms with Gasteiger partial charge in [-0.15, -0.1) is 0 Å². The average molecular weight is 336 g/mol. The highest BCUT2D eigenvalue weighted by molar-refractivity contribution is 5.95. The van der Waals surface area contributed by atoms with Gasteiger partial charge >= 0.3 is 0 Å². The van der Waals surface area contributed by atoms with E-state index in [9.17, 15) is 4.79 Å². The Morgan fingerprint density at radius 1 is 1.20 bits per heavy atom. The summed E-state index contributed by atoms with van der Waals surface area (Å²) in [5.74, 6) is -0.0230. The van der Waals surface area contributed by atoms with E-state index in [1.54, 1.807) is 17.3 Å². The number of carbonyl (C=O) groups excluding carboxylic acids is 1. The maximum absolute atomic E-state index is 12.7. The molecule has 1 fully saturated rings. The predicted molar refractivity (Wildman–Crippen MR) is 94.9 cm³/mol. The van der Waals surface area contributed by atoms with Gasteiger partial charge in [0.05, 0.1) is 18.1 Å². The van der Waals surface area contributed by atoms with Gasteiger partial charge in [-0.2, -0.15) is 0 Å². The maximum Gasteiger partial charge on any atom is 0.255 e. The maximum atomic E-state index is 12.7. The van der Waals surface area contributed by atoms with Gasteiger partial charge in [0.25, 0.3) is 5.91 Å². The molecule has 0 bridgehead atoms. The molecule has 0 saturated carbocycles. The van der Waals surface area contributed by atoms with E-state index in [1.807, 2.05) is 48.1 Å². The molecular weight excluding hydrogens is 316 g/mol. The Balaban J connectivity index is 1.56. The van der Waals surface area contributed by atoms with Crippen molar-refractivity contribution >= 4 is 11.6 Å². The average Bonchev–Trinajstić information content (AvgIpc) is 3.09. The van der Waals surface area contributed by atoms with Gasteiger partial charge in [-0.1, -0.05) is 12.1 Å². The highest BCUT2D eigenvalue weighted by Crippen LogP contribution is 2.19. The van der Waals surface area contributed by atoms with Gasteiger partial charge in [0, 0.05) is 49.4 Å². The van der Waals surface area contributed by atoms with Crippen LogP contribution >= 0.6 is 0 Å². The van der Waals surface area contributed by atoms with Crippen molar-refractivity contribution in [3.8, 4) is 11.3 Å². The first-order valence-corrected chi connectivity index (χ1v) is 8.26. The van der Waals surface area contributed by atoms with Crippen LogP contribution in [-0.2, 0) is 0 Å². The van der Waals surface area contributed by atoms with Crippen LogP contribution in [0.1, 0.15) is 10.4 Å². The summed E-state index contributed by atoms with van der Waals surface area (Å²) in [6.45, 7) is 2.18. The number of rotatable bonds is 2. The summed E-state index contributed by atoms with van der Waals surface area (Å²) in [6, 6.07) is 7.50. The Hall–Kier alpha value is -2.77. The Bertz CT molecular complexity index is 903. The first kappa shape index (κ1) is 15.7. The zero-order valence-electron chi connectivity index (χ0n) is 14.0. The molecule has 128 valence electrons. The summed E-state index contributed by atoms with van der Waals surface area (Å²) in [5.41, 5.74) is 9.35. The van der Waals surface area contributed by atoms with Crippen LogP contribution in [0, 0.1) is 0 Å². The number of piperazine rings is 1. The molecule has 4 rings (SSSR count). The fourth-order valence-corrected chi connectivity index (χ4v) is 3.13. The molecular formula is C18H20N6O. The Morgan fingerprint density at radius 2 is 2.00 bits per heavy atom. The van der Waals surface area contributed by atoms with Crippen LogP contribution < -0.4 is 5.73 Å². The van der Waals surface area contributed by atoms with Gasteiger partial charge in [0.15, 0.2) is 5.65 Å². The van der Waals surface area contributed by atoms with Gasteiger partial charge in [-0.3, -0.25) is 9.78 Å². The second kappa shape index (κ2) is 6.27. The van der Waals surface area contributed by atoms with Crippen molar-refractivity contribution in [2.24, 2.45) is 5.73 Å². The molecule has 25 heavy (non-hydrogen) atoms. The van der Waals surface area contributed by atoms with Gasteiger partial charge < -0.3 is 19.9 Å². The summed E-state index contributed by atoms with van der Waals surface area (Å²) in [5, 5.41) is 0. The summed E-state index contributed by atoms with van der Waals surface area (Å²) in [7, 11) is 2.01. The molecule has 7 nitrogen and oxygen atoms in total. The third-order valence-electron chi connectivity index (χ3n) is 4.59. The van der Waals surface area contributed by atoms with E-state index < -0.39 is 0 Å². The summed E-state index contributed by atoms with van der Waals surface area (Å²) < 4.78 is 1.92. The number of carbonyl (C=O) groups is 1. The molecule has 3 heterocycles. The lowest BCUT2D eigenvalue weighted by Gasteiger charge is -2.37. The van der Waals surface area contributed by atoms with Crippen molar-refractivity contribution in [1.82, 2.24) is 24.2 Å². The fourth-order valence-electron chi connectivity index (χ4n) is 3.13. The van der Waals surface area contributed by atoms with Crippen LogP contribution in [0.2, 0.25) is 0 Å². The van der Waals surface area contributed by atoms with E-state index in [-0.39, 0.29) is 12.1 Å².